The fourth-order valence-electron chi connectivity index (χ4n) is 3.59. The molecule has 2 aliphatic rings. The average Bonchev–Trinajstić information content (AvgIpc) is 2.67. The monoisotopic (exact) mass is 372 g/mol. The summed E-state index contributed by atoms with van der Waals surface area (Å²) >= 11 is 0. The second-order valence-corrected chi connectivity index (χ2v) is 6.84. The highest BCUT2D eigenvalue weighted by atomic mass is 16.5. The van der Waals surface area contributed by atoms with Crippen molar-refractivity contribution >= 4 is 23.9 Å². The summed E-state index contributed by atoms with van der Waals surface area (Å²) in [5, 5.41) is 17.3. The molecule has 2 N–H and O–H groups in total. The molecule has 0 aromatic heterocycles. The van der Waals surface area contributed by atoms with E-state index < -0.39 is 23.8 Å². The highest BCUT2D eigenvalue weighted by Gasteiger charge is 2.32. The van der Waals surface area contributed by atoms with Gasteiger partial charge in [0.15, 0.2) is 0 Å². The van der Waals surface area contributed by atoms with Gasteiger partial charge in [-0.25, -0.2) is 0 Å². The zero-order chi connectivity index (χ0) is 19.7. The molecule has 8 nitrogen and oxygen atoms in total. The van der Waals surface area contributed by atoms with E-state index in [0.717, 1.165) is 19.3 Å². The van der Waals surface area contributed by atoms with E-state index in [4.69, 9.17) is 10.2 Å². The van der Waals surface area contributed by atoms with E-state index >= 15 is 0 Å². The van der Waals surface area contributed by atoms with Crippen molar-refractivity contribution < 1.29 is 38.9 Å². The molecule has 0 radical (unpaired) electrons. The van der Waals surface area contributed by atoms with Gasteiger partial charge < -0.3 is 19.7 Å². The number of aliphatic carboxylic acids is 2. The molecule has 8 heteroatoms. The second kappa shape index (κ2) is 10.8. The van der Waals surface area contributed by atoms with Gasteiger partial charge in [-0.05, 0) is 38.5 Å². The number of hydrogen-bond donors (Lipinski definition) is 2. The lowest BCUT2D eigenvalue weighted by molar-refractivity contribution is -0.152. The Balaban J connectivity index is 0.000000263. The van der Waals surface area contributed by atoms with Crippen LogP contribution in [0.25, 0.3) is 0 Å². The van der Waals surface area contributed by atoms with Crippen LogP contribution in [0.5, 0.6) is 0 Å². The zero-order valence-electron chi connectivity index (χ0n) is 15.3. The van der Waals surface area contributed by atoms with Crippen molar-refractivity contribution in [3.05, 3.63) is 0 Å². The van der Waals surface area contributed by atoms with Crippen molar-refractivity contribution in [1.29, 1.82) is 0 Å². The molecule has 148 valence electrons. The van der Waals surface area contributed by atoms with Crippen LogP contribution in [0, 0.1) is 23.7 Å². The Morgan fingerprint density at radius 3 is 1.27 bits per heavy atom. The van der Waals surface area contributed by atoms with E-state index in [2.05, 4.69) is 9.47 Å². The molecule has 0 aromatic rings. The Morgan fingerprint density at radius 1 is 0.654 bits per heavy atom. The largest absolute Gasteiger partial charge is 0.481 e. The molecule has 2 fully saturated rings. The smallest absolute Gasteiger partial charge is 0.308 e. The van der Waals surface area contributed by atoms with E-state index in [1.54, 1.807) is 0 Å². The highest BCUT2D eigenvalue weighted by Crippen LogP contribution is 2.30. The zero-order valence-corrected chi connectivity index (χ0v) is 15.3. The van der Waals surface area contributed by atoms with Crippen LogP contribution in [-0.2, 0) is 28.7 Å². The number of carboxylic acids is 2. The van der Waals surface area contributed by atoms with Gasteiger partial charge in [-0.15, -0.1) is 0 Å². The normalized spacial score (nSPS) is 28.1. The number of methoxy groups -OCH3 is 2. The Hall–Kier alpha value is -2.12. The molecule has 0 spiro atoms. The van der Waals surface area contributed by atoms with Gasteiger partial charge in [-0.1, -0.05) is 12.8 Å². The summed E-state index contributed by atoms with van der Waals surface area (Å²) in [6, 6.07) is 0. The maximum absolute atomic E-state index is 11.2. The third-order valence-corrected chi connectivity index (χ3v) is 5.12. The van der Waals surface area contributed by atoms with Gasteiger partial charge >= 0.3 is 23.9 Å². The number of hydrogen-bond acceptors (Lipinski definition) is 6. The van der Waals surface area contributed by atoms with Crippen molar-refractivity contribution in [3.8, 4) is 0 Å². The molecular weight excluding hydrogens is 344 g/mol. The average molecular weight is 372 g/mol. The first-order valence-electron chi connectivity index (χ1n) is 8.91. The Kier molecular flexibility index (Phi) is 9.09. The van der Waals surface area contributed by atoms with Crippen molar-refractivity contribution in [2.45, 2.75) is 51.4 Å². The third-order valence-electron chi connectivity index (χ3n) is 5.12. The predicted octanol–water partition coefficient (Wildman–Crippen LogP) is 2.10. The summed E-state index contributed by atoms with van der Waals surface area (Å²) in [6.45, 7) is 0. The summed E-state index contributed by atoms with van der Waals surface area (Å²) in [5.41, 5.74) is 0. The summed E-state index contributed by atoms with van der Waals surface area (Å²) in [7, 11) is 2.76. The Morgan fingerprint density at radius 2 is 0.962 bits per heavy atom. The van der Waals surface area contributed by atoms with E-state index in [0.29, 0.717) is 32.1 Å². The van der Waals surface area contributed by atoms with Gasteiger partial charge in [0.1, 0.15) is 0 Å². The van der Waals surface area contributed by atoms with Crippen molar-refractivity contribution in [3.63, 3.8) is 0 Å². The van der Waals surface area contributed by atoms with Crippen LogP contribution in [-0.4, -0.2) is 48.3 Å². The summed E-state index contributed by atoms with van der Waals surface area (Å²) in [5.74, 6) is -3.28. The maximum Gasteiger partial charge on any atom is 0.308 e. The van der Waals surface area contributed by atoms with Crippen molar-refractivity contribution in [1.82, 2.24) is 0 Å². The number of rotatable bonds is 4. The first-order chi connectivity index (χ1) is 12.3. The fourth-order valence-corrected chi connectivity index (χ4v) is 3.59. The van der Waals surface area contributed by atoms with Gasteiger partial charge in [0.2, 0.25) is 0 Å². The van der Waals surface area contributed by atoms with Crippen molar-refractivity contribution in [2.24, 2.45) is 23.7 Å². The Bertz CT molecular complexity index is 473. The Labute approximate surface area is 152 Å². The molecule has 2 rings (SSSR count). The van der Waals surface area contributed by atoms with Crippen LogP contribution in [0.1, 0.15) is 51.4 Å². The molecule has 2 aliphatic carbocycles. The SMILES string of the molecule is COC(=O)C1CCCC(C(=O)OC)C1.O=C(O)C1CCCC(C(=O)O)C1. The van der Waals surface area contributed by atoms with Gasteiger partial charge in [0, 0.05) is 0 Å². The maximum atomic E-state index is 11.2. The minimum absolute atomic E-state index is 0.127. The van der Waals surface area contributed by atoms with E-state index in [1.165, 1.54) is 14.2 Å². The van der Waals surface area contributed by atoms with Crippen LogP contribution in [0.4, 0.5) is 0 Å². The quantitative estimate of drug-likeness (QED) is 0.718. The topological polar surface area (TPSA) is 127 Å². The molecule has 0 saturated heterocycles. The van der Waals surface area contributed by atoms with Crippen LogP contribution in [0.3, 0.4) is 0 Å². The van der Waals surface area contributed by atoms with E-state index in [9.17, 15) is 19.2 Å². The van der Waals surface area contributed by atoms with Crippen LogP contribution >= 0.6 is 0 Å². The lowest BCUT2D eigenvalue weighted by atomic mass is 9.81. The lowest BCUT2D eigenvalue weighted by Crippen LogP contribution is -2.28. The second-order valence-electron chi connectivity index (χ2n) is 6.84. The molecular formula is C18H28O8. The molecule has 0 aliphatic heterocycles. The van der Waals surface area contributed by atoms with E-state index in [-0.39, 0.29) is 23.8 Å². The predicted molar refractivity (Wildman–Crippen MR) is 90.2 cm³/mol. The number of esters is 2. The van der Waals surface area contributed by atoms with Gasteiger partial charge in [0.05, 0.1) is 37.9 Å². The number of carboxylic acid groups (broad SMARTS) is 2. The summed E-state index contributed by atoms with van der Waals surface area (Å²) in [6.07, 6.45) is 5.36. The summed E-state index contributed by atoms with van der Waals surface area (Å²) in [4.78, 5) is 43.6. The number of ether oxygens (including phenoxy) is 2. The molecule has 26 heavy (non-hydrogen) atoms. The molecule has 0 amide bonds. The number of carbonyl (C=O) groups excluding carboxylic acids is 2. The molecule has 2 saturated carbocycles. The third kappa shape index (κ3) is 6.65. The van der Waals surface area contributed by atoms with Gasteiger partial charge in [0.25, 0.3) is 0 Å². The molecule has 0 heterocycles. The molecule has 0 bridgehead atoms. The lowest BCUT2D eigenvalue weighted by Gasteiger charge is -2.25. The van der Waals surface area contributed by atoms with Crippen molar-refractivity contribution in [2.75, 3.05) is 14.2 Å². The fraction of sp³-hybridized carbons (Fsp3) is 0.778. The first-order valence-corrected chi connectivity index (χ1v) is 8.91. The summed E-state index contributed by atoms with van der Waals surface area (Å²) < 4.78 is 9.32. The molecule has 4 atom stereocenters. The molecule has 0 aromatic carbocycles. The minimum atomic E-state index is -0.860. The molecule has 4 unspecified atom stereocenters. The van der Waals surface area contributed by atoms with Crippen LogP contribution in [0.2, 0.25) is 0 Å². The van der Waals surface area contributed by atoms with Crippen LogP contribution < -0.4 is 0 Å². The van der Waals surface area contributed by atoms with Gasteiger partial charge in [-0.2, -0.15) is 0 Å². The standard InChI is InChI=1S/C10H16O4.C8H12O4/c1-13-9(11)7-4-3-5-8(6-7)10(12)14-2;9-7(10)5-2-1-3-6(4-5)8(11)12/h7-8H,3-6H2,1-2H3;5-6H,1-4H2,(H,9,10)(H,11,12). The number of carbonyl (C=O) groups is 4. The first kappa shape index (κ1) is 21.9. The minimum Gasteiger partial charge on any atom is -0.481 e. The highest BCUT2D eigenvalue weighted by molar-refractivity contribution is 5.76. The van der Waals surface area contributed by atoms with Crippen LogP contribution in [0.15, 0.2) is 0 Å². The van der Waals surface area contributed by atoms with Gasteiger partial charge in [-0.3, -0.25) is 19.2 Å². The van der Waals surface area contributed by atoms with E-state index in [1.807, 2.05) is 0 Å².